The van der Waals surface area contributed by atoms with Gasteiger partial charge in [0, 0.05) is 15.7 Å². The maximum atomic E-state index is 12.1. The average Bonchev–Trinajstić information content (AvgIpc) is 2.89. The van der Waals surface area contributed by atoms with E-state index in [0.29, 0.717) is 16.4 Å². The maximum Gasteiger partial charge on any atom is 0.228 e. The Hall–Kier alpha value is -1.92. The molecule has 0 radical (unpaired) electrons. The summed E-state index contributed by atoms with van der Waals surface area (Å²) in [6.07, 6.45) is 3.67. The second kappa shape index (κ2) is 5.83. The summed E-state index contributed by atoms with van der Waals surface area (Å²) >= 11 is 9.21. The highest BCUT2D eigenvalue weighted by Gasteiger charge is 2.10. The van der Waals surface area contributed by atoms with Crippen LogP contribution in [0.3, 0.4) is 0 Å². The second-order valence-electron chi connectivity index (χ2n) is 4.49. The van der Waals surface area contributed by atoms with Gasteiger partial charge in [-0.3, -0.25) is 9.20 Å². The number of aromatic nitrogens is 3. The van der Waals surface area contributed by atoms with Crippen molar-refractivity contribution in [3.63, 3.8) is 0 Å². The van der Waals surface area contributed by atoms with E-state index in [1.165, 1.54) is 0 Å². The van der Waals surface area contributed by atoms with Crippen molar-refractivity contribution in [3.8, 4) is 0 Å². The normalized spacial score (nSPS) is 10.8. The van der Waals surface area contributed by atoms with Gasteiger partial charge in [0.2, 0.25) is 5.91 Å². The lowest BCUT2D eigenvalue weighted by Gasteiger charge is -2.07. The quantitative estimate of drug-likeness (QED) is 0.774. The van der Waals surface area contributed by atoms with Crippen LogP contribution in [0.15, 0.2) is 47.3 Å². The molecular formula is C14H10BrClN4O. The topological polar surface area (TPSA) is 59.3 Å². The number of rotatable bonds is 3. The molecule has 2 heterocycles. The molecule has 0 fully saturated rings. The third kappa shape index (κ3) is 3.22. The number of hydrogen-bond acceptors (Lipinski definition) is 3. The Labute approximate surface area is 134 Å². The number of nitrogens with one attached hydrogen (secondary N) is 1. The molecule has 2 aromatic heterocycles. The Kier molecular flexibility index (Phi) is 3.90. The molecule has 3 aromatic rings. The minimum atomic E-state index is -0.125. The molecule has 7 heteroatoms. The van der Waals surface area contributed by atoms with Gasteiger partial charge in [0.25, 0.3) is 0 Å². The fraction of sp³-hybridized carbons (Fsp3) is 0.0714. The first kappa shape index (κ1) is 14.0. The van der Waals surface area contributed by atoms with Gasteiger partial charge >= 0.3 is 0 Å². The van der Waals surface area contributed by atoms with Crippen molar-refractivity contribution in [2.45, 2.75) is 6.42 Å². The molecule has 1 amide bonds. The van der Waals surface area contributed by atoms with Crippen LogP contribution in [0.1, 0.15) is 5.56 Å². The number of amides is 1. The first-order valence-corrected chi connectivity index (χ1v) is 7.32. The predicted molar refractivity (Wildman–Crippen MR) is 84.5 cm³/mol. The number of nitrogens with zero attached hydrogens (tertiary/aromatic N) is 3. The molecular weight excluding hydrogens is 356 g/mol. The summed E-state index contributed by atoms with van der Waals surface area (Å²) in [5, 5.41) is 11.3. The van der Waals surface area contributed by atoms with E-state index in [2.05, 4.69) is 31.4 Å². The lowest BCUT2D eigenvalue weighted by atomic mass is 10.1. The summed E-state index contributed by atoms with van der Waals surface area (Å²) in [4.78, 5) is 12.1. The SMILES string of the molecule is O=C(Cc1ccc(Cl)cc1)Nc1cc(Br)cn2cnnc12. The standard InChI is InChI=1S/C14H10BrClN4O/c15-10-6-12(14-19-17-8-20(14)7-10)18-13(21)5-9-1-3-11(16)4-2-9/h1-4,6-8H,5H2,(H,18,21). The van der Waals surface area contributed by atoms with Crippen LogP contribution in [0.2, 0.25) is 5.02 Å². The van der Waals surface area contributed by atoms with Crippen molar-refractivity contribution in [3.05, 3.63) is 57.9 Å². The van der Waals surface area contributed by atoms with Crippen LogP contribution in [0, 0.1) is 0 Å². The van der Waals surface area contributed by atoms with Gasteiger partial charge in [0.15, 0.2) is 5.65 Å². The second-order valence-corrected chi connectivity index (χ2v) is 5.84. The summed E-state index contributed by atoms with van der Waals surface area (Å²) in [6, 6.07) is 8.98. The van der Waals surface area contributed by atoms with Gasteiger partial charge < -0.3 is 5.32 Å². The first-order valence-electron chi connectivity index (χ1n) is 6.15. The van der Waals surface area contributed by atoms with Gasteiger partial charge in [-0.05, 0) is 39.7 Å². The van der Waals surface area contributed by atoms with Crippen LogP contribution < -0.4 is 5.32 Å². The smallest absolute Gasteiger partial charge is 0.228 e. The summed E-state index contributed by atoms with van der Waals surface area (Å²) < 4.78 is 2.57. The minimum Gasteiger partial charge on any atom is -0.323 e. The number of hydrogen-bond donors (Lipinski definition) is 1. The molecule has 0 aliphatic rings. The van der Waals surface area contributed by atoms with Crippen LogP contribution in [0.5, 0.6) is 0 Å². The van der Waals surface area contributed by atoms with E-state index in [1.54, 1.807) is 28.9 Å². The van der Waals surface area contributed by atoms with E-state index in [9.17, 15) is 4.79 Å². The molecule has 0 spiro atoms. The largest absolute Gasteiger partial charge is 0.323 e. The van der Waals surface area contributed by atoms with Crippen LogP contribution in [0.4, 0.5) is 5.69 Å². The Morgan fingerprint density at radius 3 is 2.86 bits per heavy atom. The monoisotopic (exact) mass is 364 g/mol. The predicted octanol–water partition coefficient (Wildman–Crippen LogP) is 3.33. The van der Waals surface area contributed by atoms with Crippen LogP contribution in [-0.4, -0.2) is 20.5 Å². The van der Waals surface area contributed by atoms with Crippen molar-refractivity contribution >= 4 is 44.8 Å². The Balaban J connectivity index is 1.80. The van der Waals surface area contributed by atoms with Gasteiger partial charge in [-0.25, -0.2) is 0 Å². The minimum absolute atomic E-state index is 0.125. The molecule has 0 unspecified atom stereocenters. The molecule has 106 valence electrons. The molecule has 0 bridgehead atoms. The van der Waals surface area contributed by atoms with E-state index >= 15 is 0 Å². The van der Waals surface area contributed by atoms with Gasteiger partial charge in [0.05, 0.1) is 12.1 Å². The van der Waals surface area contributed by atoms with Crippen molar-refractivity contribution in [1.82, 2.24) is 14.6 Å². The van der Waals surface area contributed by atoms with Crippen LogP contribution in [-0.2, 0) is 11.2 Å². The van der Waals surface area contributed by atoms with Crippen LogP contribution >= 0.6 is 27.5 Å². The van der Waals surface area contributed by atoms with Gasteiger partial charge in [0.1, 0.15) is 6.33 Å². The zero-order valence-corrected chi connectivity index (χ0v) is 13.1. The maximum absolute atomic E-state index is 12.1. The highest BCUT2D eigenvalue weighted by molar-refractivity contribution is 9.10. The van der Waals surface area contributed by atoms with Crippen molar-refractivity contribution in [1.29, 1.82) is 0 Å². The van der Waals surface area contributed by atoms with Crippen molar-refractivity contribution < 1.29 is 4.79 Å². The highest BCUT2D eigenvalue weighted by Crippen LogP contribution is 2.21. The summed E-state index contributed by atoms with van der Waals surface area (Å²) in [6.45, 7) is 0. The summed E-state index contributed by atoms with van der Waals surface area (Å²) in [5.74, 6) is -0.125. The fourth-order valence-electron chi connectivity index (χ4n) is 1.98. The molecule has 1 aromatic carbocycles. The summed E-state index contributed by atoms with van der Waals surface area (Å²) in [7, 11) is 0. The van der Waals surface area contributed by atoms with E-state index in [4.69, 9.17) is 11.6 Å². The van der Waals surface area contributed by atoms with E-state index < -0.39 is 0 Å². The molecule has 0 aliphatic heterocycles. The first-order chi connectivity index (χ1) is 10.1. The van der Waals surface area contributed by atoms with E-state index in [1.807, 2.05) is 18.3 Å². The molecule has 21 heavy (non-hydrogen) atoms. The number of pyridine rings is 1. The van der Waals surface area contributed by atoms with E-state index in [-0.39, 0.29) is 12.3 Å². The number of benzene rings is 1. The number of halogens is 2. The molecule has 0 saturated carbocycles. The average molecular weight is 366 g/mol. The van der Waals surface area contributed by atoms with Crippen LogP contribution in [0.25, 0.3) is 5.65 Å². The van der Waals surface area contributed by atoms with Gasteiger partial charge in [-0.2, -0.15) is 0 Å². The van der Waals surface area contributed by atoms with E-state index in [0.717, 1.165) is 10.0 Å². The zero-order valence-electron chi connectivity index (χ0n) is 10.8. The number of carbonyl (C=O) groups excluding carboxylic acids is 1. The Bertz CT molecular complexity index is 800. The fourth-order valence-corrected chi connectivity index (χ4v) is 2.55. The number of fused-ring (bicyclic) bond motifs is 1. The highest BCUT2D eigenvalue weighted by atomic mass is 79.9. The molecule has 5 nitrogen and oxygen atoms in total. The molecule has 0 atom stereocenters. The lowest BCUT2D eigenvalue weighted by molar-refractivity contribution is -0.115. The Morgan fingerprint density at radius 2 is 2.10 bits per heavy atom. The third-order valence-corrected chi connectivity index (χ3v) is 3.60. The molecule has 3 rings (SSSR count). The number of anilines is 1. The van der Waals surface area contributed by atoms with Crippen molar-refractivity contribution in [2.75, 3.05) is 5.32 Å². The lowest BCUT2D eigenvalue weighted by Crippen LogP contribution is -2.15. The molecule has 0 aliphatic carbocycles. The van der Waals surface area contributed by atoms with Gasteiger partial charge in [-0.15, -0.1) is 10.2 Å². The zero-order chi connectivity index (χ0) is 14.8. The Morgan fingerprint density at radius 1 is 1.33 bits per heavy atom. The molecule has 1 N–H and O–H groups in total. The summed E-state index contributed by atoms with van der Waals surface area (Å²) in [5.41, 5.74) is 2.10. The molecule has 0 saturated heterocycles. The van der Waals surface area contributed by atoms with Gasteiger partial charge in [-0.1, -0.05) is 23.7 Å². The number of carbonyl (C=O) groups is 1. The third-order valence-electron chi connectivity index (χ3n) is 2.91. The van der Waals surface area contributed by atoms with Crippen molar-refractivity contribution in [2.24, 2.45) is 0 Å².